The third-order valence-electron chi connectivity index (χ3n) is 4.72. The lowest BCUT2D eigenvalue weighted by molar-refractivity contribution is -0.132. The smallest absolute Gasteiger partial charge is 0.240 e. The van der Waals surface area contributed by atoms with E-state index in [1.54, 1.807) is 16.8 Å². The number of carbonyl (C=O) groups excluding carboxylic acids is 2. The SMILES string of the molecule is CN(CCN1CCCC1=O)C(=O)C(Sc1ccc(F)c(F)c1)c1ccccc1. The van der Waals surface area contributed by atoms with Crippen molar-refractivity contribution < 1.29 is 18.4 Å². The van der Waals surface area contributed by atoms with Crippen LogP contribution in [0.3, 0.4) is 0 Å². The minimum atomic E-state index is -0.940. The first-order valence-electron chi connectivity index (χ1n) is 9.15. The minimum absolute atomic E-state index is 0.122. The monoisotopic (exact) mass is 404 g/mol. The van der Waals surface area contributed by atoms with Gasteiger partial charge in [0, 0.05) is 38.0 Å². The number of hydrogen-bond acceptors (Lipinski definition) is 3. The first-order chi connectivity index (χ1) is 13.5. The van der Waals surface area contributed by atoms with Gasteiger partial charge >= 0.3 is 0 Å². The summed E-state index contributed by atoms with van der Waals surface area (Å²) in [7, 11) is 1.70. The minimum Gasteiger partial charge on any atom is -0.343 e. The predicted octanol–water partition coefficient (Wildman–Crippen LogP) is 3.88. The van der Waals surface area contributed by atoms with Crippen LogP contribution in [0.5, 0.6) is 0 Å². The average molecular weight is 404 g/mol. The lowest BCUT2D eigenvalue weighted by Crippen LogP contribution is -2.38. The summed E-state index contributed by atoms with van der Waals surface area (Å²) in [6.45, 7) is 1.65. The van der Waals surface area contributed by atoms with Gasteiger partial charge in [-0.15, -0.1) is 11.8 Å². The maximum absolute atomic E-state index is 13.6. The van der Waals surface area contributed by atoms with E-state index in [-0.39, 0.29) is 11.8 Å². The topological polar surface area (TPSA) is 40.6 Å². The van der Waals surface area contributed by atoms with Gasteiger partial charge in [-0.2, -0.15) is 0 Å². The predicted molar refractivity (Wildman–Crippen MR) is 105 cm³/mol. The Kier molecular flexibility index (Phi) is 6.67. The van der Waals surface area contributed by atoms with E-state index in [9.17, 15) is 18.4 Å². The van der Waals surface area contributed by atoms with Gasteiger partial charge in [-0.05, 0) is 30.2 Å². The Balaban J connectivity index is 1.74. The molecule has 0 spiro atoms. The summed E-state index contributed by atoms with van der Waals surface area (Å²) < 4.78 is 26.8. The van der Waals surface area contributed by atoms with Crippen molar-refractivity contribution in [3.05, 3.63) is 65.7 Å². The summed E-state index contributed by atoms with van der Waals surface area (Å²) in [5.74, 6) is -1.88. The Bertz CT molecular complexity index is 848. The van der Waals surface area contributed by atoms with Crippen molar-refractivity contribution in [1.82, 2.24) is 9.80 Å². The highest BCUT2D eigenvalue weighted by atomic mass is 32.2. The van der Waals surface area contributed by atoms with Crippen LogP contribution in [0, 0.1) is 11.6 Å². The van der Waals surface area contributed by atoms with Crippen molar-refractivity contribution in [2.24, 2.45) is 0 Å². The number of likely N-dealkylation sites (tertiary alicyclic amines) is 1. The fourth-order valence-corrected chi connectivity index (χ4v) is 4.26. The molecule has 0 saturated carbocycles. The fourth-order valence-electron chi connectivity index (χ4n) is 3.10. The van der Waals surface area contributed by atoms with Crippen molar-refractivity contribution in [1.29, 1.82) is 0 Å². The average Bonchev–Trinajstić information content (AvgIpc) is 3.12. The van der Waals surface area contributed by atoms with Gasteiger partial charge in [-0.3, -0.25) is 9.59 Å². The second kappa shape index (κ2) is 9.19. The lowest BCUT2D eigenvalue weighted by atomic mass is 10.1. The zero-order chi connectivity index (χ0) is 20.1. The van der Waals surface area contributed by atoms with Gasteiger partial charge in [0.05, 0.1) is 0 Å². The summed E-state index contributed by atoms with van der Waals surface area (Å²) >= 11 is 1.18. The number of halogens is 2. The molecule has 1 fully saturated rings. The molecule has 4 nitrogen and oxygen atoms in total. The molecule has 1 unspecified atom stereocenters. The summed E-state index contributed by atoms with van der Waals surface area (Å²) in [6, 6.07) is 12.8. The Morgan fingerprint density at radius 2 is 1.93 bits per heavy atom. The van der Waals surface area contributed by atoms with Crippen LogP contribution in [0.15, 0.2) is 53.4 Å². The number of benzene rings is 2. The molecule has 1 heterocycles. The molecule has 3 rings (SSSR count). The molecule has 2 aromatic carbocycles. The highest BCUT2D eigenvalue weighted by Crippen LogP contribution is 2.37. The first-order valence-corrected chi connectivity index (χ1v) is 10.0. The number of likely N-dealkylation sites (N-methyl/N-ethyl adjacent to an activating group) is 1. The number of hydrogen-bond donors (Lipinski definition) is 0. The van der Waals surface area contributed by atoms with E-state index in [1.165, 1.54) is 17.8 Å². The highest BCUT2D eigenvalue weighted by molar-refractivity contribution is 8.00. The van der Waals surface area contributed by atoms with E-state index in [1.807, 2.05) is 30.3 Å². The summed E-state index contributed by atoms with van der Waals surface area (Å²) in [4.78, 5) is 28.7. The molecule has 0 N–H and O–H groups in total. The third-order valence-corrected chi connectivity index (χ3v) is 5.96. The second-order valence-electron chi connectivity index (χ2n) is 6.73. The van der Waals surface area contributed by atoms with Crippen LogP contribution < -0.4 is 0 Å². The van der Waals surface area contributed by atoms with Gasteiger partial charge in [0.15, 0.2) is 11.6 Å². The molecule has 1 aliphatic heterocycles. The molecule has 0 aliphatic carbocycles. The van der Waals surface area contributed by atoms with E-state index >= 15 is 0 Å². The molecular weight excluding hydrogens is 382 g/mol. The van der Waals surface area contributed by atoms with Crippen LogP contribution in [0.25, 0.3) is 0 Å². The van der Waals surface area contributed by atoms with Gasteiger partial charge in [0.1, 0.15) is 5.25 Å². The number of thioether (sulfide) groups is 1. The molecule has 1 saturated heterocycles. The molecular formula is C21H22F2N2O2S. The highest BCUT2D eigenvalue weighted by Gasteiger charge is 2.27. The Labute approximate surface area is 167 Å². The van der Waals surface area contributed by atoms with Gasteiger partial charge < -0.3 is 9.80 Å². The molecule has 28 heavy (non-hydrogen) atoms. The normalized spacial score (nSPS) is 15.0. The molecule has 0 aromatic heterocycles. The van der Waals surface area contributed by atoms with Crippen LogP contribution in [-0.2, 0) is 9.59 Å². The third kappa shape index (κ3) is 4.90. The fraction of sp³-hybridized carbons (Fsp3) is 0.333. The summed E-state index contributed by atoms with van der Waals surface area (Å²) in [6.07, 6.45) is 1.42. The van der Waals surface area contributed by atoms with E-state index in [2.05, 4.69) is 0 Å². The number of nitrogens with zero attached hydrogens (tertiary/aromatic N) is 2. The van der Waals surface area contributed by atoms with E-state index in [0.717, 1.165) is 30.7 Å². The standard InChI is InChI=1S/C21H22F2N2O2S/c1-24(12-13-25-11-5-8-19(25)26)21(27)20(15-6-3-2-4-7-15)28-16-9-10-17(22)18(23)14-16/h2-4,6-7,9-10,14,20H,5,8,11-13H2,1H3. The number of amides is 2. The largest absolute Gasteiger partial charge is 0.343 e. The number of rotatable bonds is 7. The maximum Gasteiger partial charge on any atom is 0.240 e. The Morgan fingerprint density at radius 1 is 1.18 bits per heavy atom. The van der Waals surface area contributed by atoms with Gasteiger partial charge in [0.2, 0.25) is 11.8 Å². The van der Waals surface area contributed by atoms with Crippen molar-refractivity contribution in [3.63, 3.8) is 0 Å². The zero-order valence-corrected chi connectivity index (χ0v) is 16.4. The quantitative estimate of drug-likeness (QED) is 0.658. The van der Waals surface area contributed by atoms with E-state index in [4.69, 9.17) is 0 Å². The summed E-state index contributed by atoms with van der Waals surface area (Å²) in [5.41, 5.74) is 0.784. The van der Waals surface area contributed by atoms with E-state index in [0.29, 0.717) is 24.4 Å². The maximum atomic E-state index is 13.6. The molecule has 1 atom stereocenters. The first kappa shape index (κ1) is 20.3. The van der Waals surface area contributed by atoms with Crippen molar-refractivity contribution >= 4 is 23.6 Å². The molecule has 2 aromatic rings. The van der Waals surface area contributed by atoms with Gasteiger partial charge in [0.25, 0.3) is 0 Å². The number of carbonyl (C=O) groups is 2. The molecule has 0 bridgehead atoms. The van der Waals surface area contributed by atoms with Crippen molar-refractivity contribution in [3.8, 4) is 0 Å². The van der Waals surface area contributed by atoms with Gasteiger partial charge in [-0.1, -0.05) is 30.3 Å². The Morgan fingerprint density at radius 3 is 2.57 bits per heavy atom. The van der Waals surface area contributed by atoms with Crippen LogP contribution >= 0.6 is 11.8 Å². The zero-order valence-electron chi connectivity index (χ0n) is 15.6. The Hall–Kier alpha value is -2.41. The molecule has 7 heteroatoms. The van der Waals surface area contributed by atoms with Crippen LogP contribution in [0.4, 0.5) is 8.78 Å². The summed E-state index contributed by atoms with van der Waals surface area (Å²) in [5, 5.41) is -0.592. The van der Waals surface area contributed by atoms with Crippen LogP contribution in [0.1, 0.15) is 23.7 Å². The molecule has 2 amide bonds. The molecule has 1 aliphatic rings. The van der Waals surface area contributed by atoms with Crippen LogP contribution in [-0.4, -0.2) is 48.3 Å². The molecule has 0 radical (unpaired) electrons. The van der Waals surface area contributed by atoms with Gasteiger partial charge in [-0.25, -0.2) is 8.78 Å². The van der Waals surface area contributed by atoms with Crippen molar-refractivity contribution in [2.45, 2.75) is 23.0 Å². The van der Waals surface area contributed by atoms with Crippen molar-refractivity contribution in [2.75, 3.05) is 26.7 Å². The lowest BCUT2D eigenvalue weighted by Gasteiger charge is -2.26. The van der Waals surface area contributed by atoms with E-state index < -0.39 is 16.9 Å². The molecule has 148 valence electrons. The second-order valence-corrected chi connectivity index (χ2v) is 7.91. The van der Waals surface area contributed by atoms with Crippen LogP contribution in [0.2, 0.25) is 0 Å².